The standard InChI is InChI=1S/C16H18ClN5/c17-6-7-20-8-9-21-12-19-15-14(16(20)21)18-11-22(15)10-13-4-2-1-3-5-13/h1-5,11-12,16H,6-10H2. The lowest BCUT2D eigenvalue weighted by Crippen LogP contribution is -2.33. The average molecular weight is 316 g/mol. The van der Waals surface area contributed by atoms with Crippen LogP contribution in [0.3, 0.4) is 0 Å². The second-order valence-corrected chi connectivity index (χ2v) is 6.03. The summed E-state index contributed by atoms with van der Waals surface area (Å²) >= 11 is 5.93. The molecule has 0 amide bonds. The number of aromatic nitrogens is 2. The molecule has 1 aromatic heterocycles. The van der Waals surface area contributed by atoms with Crippen molar-refractivity contribution >= 4 is 23.8 Å². The minimum absolute atomic E-state index is 0.184. The molecule has 1 saturated heterocycles. The number of imidazole rings is 1. The number of fused-ring (bicyclic) bond motifs is 3. The number of alkyl halides is 1. The first-order valence-electron chi connectivity index (χ1n) is 7.56. The zero-order valence-electron chi connectivity index (χ0n) is 12.3. The first kappa shape index (κ1) is 13.8. The fourth-order valence-corrected chi connectivity index (χ4v) is 3.45. The van der Waals surface area contributed by atoms with Crippen molar-refractivity contribution in [1.82, 2.24) is 19.4 Å². The molecule has 2 aromatic rings. The number of aliphatic imine (C=N–C) groups is 1. The lowest BCUT2D eigenvalue weighted by molar-refractivity contribution is 0.197. The quantitative estimate of drug-likeness (QED) is 0.813. The number of hydrogen-bond donors (Lipinski definition) is 0. The van der Waals surface area contributed by atoms with E-state index in [0.29, 0.717) is 5.88 Å². The molecule has 5 nitrogen and oxygen atoms in total. The van der Waals surface area contributed by atoms with Gasteiger partial charge in [0.05, 0.1) is 19.2 Å². The topological polar surface area (TPSA) is 36.7 Å². The Labute approximate surface area is 134 Å². The molecule has 22 heavy (non-hydrogen) atoms. The predicted molar refractivity (Wildman–Crippen MR) is 87.7 cm³/mol. The second kappa shape index (κ2) is 5.74. The Bertz CT molecular complexity index is 681. The van der Waals surface area contributed by atoms with E-state index in [2.05, 4.69) is 48.6 Å². The summed E-state index contributed by atoms with van der Waals surface area (Å²) in [6.07, 6.45) is 4.03. The average Bonchev–Trinajstić information content (AvgIpc) is 3.13. The van der Waals surface area contributed by atoms with Gasteiger partial charge in [-0.25, -0.2) is 9.98 Å². The molecule has 0 saturated carbocycles. The summed E-state index contributed by atoms with van der Waals surface area (Å²) < 4.78 is 2.12. The van der Waals surface area contributed by atoms with Crippen LogP contribution in [-0.2, 0) is 6.54 Å². The fraction of sp³-hybridized carbons (Fsp3) is 0.375. The SMILES string of the molecule is ClCCN1CCN2C=Nc3c(ncn3Cc3ccccc3)C21. The van der Waals surface area contributed by atoms with Gasteiger partial charge in [0, 0.05) is 25.5 Å². The Balaban J connectivity index is 1.65. The van der Waals surface area contributed by atoms with Crippen LogP contribution in [0.15, 0.2) is 41.7 Å². The van der Waals surface area contributed by atoms with Gasteiger partial charge in [-0.2, -0.15) is 0 Å². The molecule has 114 valence electrons. The van der Waals surface area contributed by atoms with Gasteiger partial charge in [-0.15, -0.1) is 11.6 Å². The molecular weight excluding hydrogens is 298 g/mol. The van der Waals surface area contributed by atoms with Crippen molar-refractivity contribution in [3.8, 4) is 0 Å². The minimum atomic E-state index is 0.184. The van der Waals surface area contributed by atoms with E-state index in [4.69, 9.17) is 11.6 Å². The van der Waals surface area contributed by atoms with Crippen LogP contribution in [0.4, 0.5) is 5.82 Å². The molecule has 1 aromatic carbocycles. The predicted octanol–water partition coefficient (Wildman–Crippen LogP) is 2.46. The summed E-state index contributed by atoms with van der Waals surface area (Å²) in [5.74, 6) is 1.60. The molecule has 2 aliphatic heterocycles. The Hall–Kier alpha value is -1.85. The third-order valence-electron chi connectivity index (χ3n) is 4.28. The van der Waals surface area contributed by atoms with Crippen LogP contribution in [0.5, 0.6) is 0 Å². The Morgan fingerprint density at radius 2 is 2.05 bits per heavy atom. The van der Waals surface area contributed by atoms with Gasteiger partial charge in [0.15, 0.2) is 5.82 Å². The van der Waals surface area contributed by atoms with E-state index in [1.165, 1.54) is 5.56 Å². The molecule has 1 atom stereocenters. The first-order valence-corrected chi connectivity index (χ1v) is 8.09. The van der Waals surface area contributed by atoms with Crippen molar-refractivity contribution in [1.29, 1.82) is 0 Å². The molecule has 3 heterocycles. The van der Waals surface area contributed by atoms with E-state index >= 15 is 0 Å². The third kappa shape index (κ3) is 2.30. The first-order chi connectivity index (χ1) is 10.9. The van der Waals surface area contributed by atoms with E-state index in [9.17, 15) is 0 Å². The van der Waals surface area contributed by atoms with E-state index in [-0.39, 0.29) is 6.17 Å². The fourth-order valence-electron chi connectivity index (χ4n) is 3.23. The molecule has 6 heteroatoms. The summed E-state index contributed by atoms with van der Waals surface area (Å²) in [6, 6.07) is 10.4. The molecule has 2 aliphatic rings. The van der Waals surface area contributed by atoms with Crippen LogP contribution in [0.2, 0.25) is 0 Å². The number of hydrogen-bond acceptors (Lipinski definition) is 4. The van der Waals surface area contributed by atoms with Crippen molar-refractivity contribution in [3.63, 3.8) is 0 Å². The number of nitrogens with zero attached hydrogens (tertiary/aromatic N) is 5. The maximum absolute atomic E-state index is 5.93. The lowest BCUT2D eigenvalue weighted by atomic mass is 10.2. The van der Waals surface area contributed by atoms with Crippen LogP contribution in [-0.4, -0.2) is 51.2 Å². The Morgan fingerprint density at radius 3 is 2.86 bits per heavy atom. The van der Waals surface area contributed by atoms with Crippen LogP contribution in [0.25, 0.3) is 0 Å². The van der Waals surface area contributed by atoms with Crippen molar-refractivity contribution in [3.05, 3.63) is 47.9 Å². The smallest absolute Gasteiger partial charge is 0.161 e. The third-order valence-corrected chi connectivity index (χ3v) is 4.45. The van der Waals surface area contributed by atoms with Crippen LogP contribution in [0, 0.1) is 0 Å². The molecule has 0 radical (unpaired) electrons. The van der Waals surface area contributed by atoms with Crippen LogP contribution >= 0.6 is 11.6 Å². The van der Waals surface area contributed by atoms with Gasteiger partial charge in [-0.05, 0) is 5.56 Å². The molecule has 4 rings (SSSR count). The lowest BCUT2D eigenvalue weighted by Gasteiger charge is -2.30. The molecule has 1 fully saturated rings. The summed E-state index contributed by atoms with van der Waals surface area (Å²) in [7, 11) is 0. The Morgan fingerprint density at radius 1 is 1.18 bits per heavy atom. The molecular formula is C16H18ClN5. The van der Waals surface area contributed by atoms with Crippen LogP contribution in [0.1, 0.15) is 17.4 Å². The van der Waals surface area contributed by atoms with Crippen molar-refractivity contribution in [2.45, 2.75) is 12.7 Å². The zero-order chi connectivity index (χ0) is 14.9. The maximum atomic E-state index is 5.93. The Kier molecular flexibility index (Phi) is 3.60. The van der Waals surface area contributed by atoms with E-state index < -0.39 is 0 Å². The molecule has 1 unspecified atom stereocenters. The van der Waals surface area contributed by atoms with E-state index in [0.717, 1.165) is 37.7 Å². The van der Waals surface area contributed by atoms with E-state index in [1.54, 1.807) is 0 Å². The number of rotatable bonds is 4. The highest BCUT2D eigenvalue weighted by Crippen LogP contribution is 2.37. The monoisotopic (exact) mass is 315 g/mol. The van der Waals surface area contributed by atoms with Crippen molar-refractivity contribution in [2.24, 2.45) is 4.99 Å². The largest absolute Gasteiger partial charge is 0.340 e. The molecule has 0 aliphatic carbocycles. The summed E-state index contributed by atoms with van der Waals surface area (Å²) in [5, 5.41) is 0. The van der Waals surface area contributed by atoms with Gasteiger partial charge in [0.2, 0.25) is 0 Å². The van der Waals surface area contributed by atoms with Crippen LogP contribution < -0.4 is 0 Å². The summed E-state index contributed by atoms with van der Waals surface area (Å²) in [6.45, 7) is 3.66. The molecule has 0 bridgehead atoms. The summed E-state index contributed by atoms with van der Waals surface area (Å²) in [5.41, 5.74) is 2.30. The summed E-state index contributed by atoms with van der Waals surface area (Å²) in [4.78, 5) is 13.9. The second-order valence-electron chi connectivity index (χ2n) is 5.65. The number of halogens is 1. The minimum Gasteiger partial charge on any atom is -0.340 e. The van der Waals surface area contributed by atoms with Gasteiger partial charge < -0.3 is 9.47 Å². The van der Waals surface area contributed by atoms with Gasteiger partial charge in [-0.1, -0.05) is 30.3 Å². The zero-order valence-corrected chi connectivity index (χ0v) is 13.0. The van der Waals surface area contributed by atoms with Gasteiger partial charge in [0.25, 0.3) is 0 Å². The van der Waals surface area contributed by atoms with Gasteiger partial charge in [-0.3, -0.25) is 4.90 Å². The van der Waals surface area contributed by atoms with E-state index in [1.807, 2.05) is 18.7 Å². The van der Waals surface area contributed by atoms with Gasteiger partial charge in [0.1, 0.15) is 11.9 Å². The maximum Gasteiger partial charge on any atom is 0.161 e. The number of benzene rings is 1. The normalized spacial score (nSPS) is 20.2. The highest BCUT2D eigenvalue weighted by molar-refractivity contribution is 6.18. The van der Waals surface area contributed by atoms with Gasteiger partial charge >= 0.3 is 0 Å². The highest BCUT2D eigenvalue weighted by atomic mass is 35.5. The molecule has 0 spiro atoms. The highest BCUT2D eigenvalue weighted by Gasteiger charge is 2.37. The molecule has 0 N–H and O–H groups in total. The van der Waals surface area contributed by atoms with Crippen molar-refractivity contribution < 1.29 is 0 Å². The van der Waals surface area contributed by atoms with Crippen molar-refractivity contribution in [2.75, 3.05) is 25.5 Å².